The summed E-state index contributed by atoms with van der Waals surface area (Å²) < 4.78 is 11.6. The Hall–Kier alpha value is -2.49. The second-order valence-corrected chi connectivity index (χ2v) is 6.80. The van der Waals surface area contributed by atoms with E-state index in [0.29, 0.717) is 19.6 Å². The first-order valence-corrected chi connectivity index (χ1v) is 9.11. The van der Waals surface area contributed by atoms with Crippen LogP contribution in [0.2, 0.25) is 0 Å². The van der Waals surface area contributed by atoms with Gasteiger partial charge in [-0.05, 0) is 80.6 Å². The zero-order valence-electron chi connectivity index (χ0n) is 16.4. The maximum atomic E-state index is 12.4. The number of benzene rings is 2. The van der Waals surface area contributed by atoms with Crippen LogP contribution in [-0.4, -0.2) is 25.2 Å². The van der Waals surface area contributed by atoms with Crippen LogP contribution in [0.25, 0.3) is 0 Å². The minimum Gasteiger partial charge on any atom is -0.492 e. The molecule has 2 aromatic carbocycles. The van der Waals surface area contributed by atoms with E-state index in [0.717, 1.165) is 33.8 Å². The number of hydrogen-bond acceptors (Lipinski definition) is 3. The molecule has 26 heavy (non-hydrogen) atoms. The molecular weight excluding hydrogens is 326 g/mol. The van der Waals surface area contributed by atoms with Gasteiger partial charge in [-0.3, -0.25) is 4.79 Å². The Balaban J connectivity index is 1.83. The fraction of sp³-hybridized carbons (Fsp3) is 0.409. The Labute approximate surface area is 156 Å². The minimum absolute atomic E-state index is 0.115. The predicted octanol–water partition coefficient (Wildman–Crippen LogP) is 4.27. The third kappa shape index (κ3) is 6.10. The molecule has 0 aliphatic carbocycles. The van der Waals surface area contributed by atoms with Crippen LogP contribution in [0.15, 0.2) is 36.4 Å². The molecule has 4 nitrogen and oxygen atoms in total. The largest absolute Gasteiger partial charge is 0.492 e. The molecule has 4 heteroatoms. The van der Waals surface area contributed by atoms with E-state index in [-0.39, 0.29) is 5.91 Å². The number of hydrogen-bond donors (Lipinski definition) is 1. The van der Waals surface area contributed by atoms with Gasteiger partial charge in [-0.15, -0.1) is 0 Å². The summed E-state index contributed by atoms with van der Waals surface area (Å²) in [7, 11) is 0. The Bertz CT molecular complexity index is 715. The summed E-state index contributed by atoms with van der Waals surface area (Å²) in [5, 5.41) is 2.89. The lowest BCUT2D eigenvalue weighted by molar-refractivity contribution is -0.128. The van der Waals surface area contributed by atoms with E-state index in [4.69, 9.17) is 9.47 Å². The lowest BCUT2D eigenvalue weighted by atomic mass is 10.1. The number of rotatable bonds is 8. The lowest BCUT2D eigenvalue weighted by Crippen LogP contribution is -2.39. The number of nitrogens with one attached hydrogen (secondary N) is 1. The third-order valence-corrected chi connectivity index (χ3v) is 4.00. The highest BCUT2D eigenvalue weighted by Crippen LogP contribution is 2.19. The van der Waals surface area contributed by atoms with E-state index in [2.05, 4.69) is 17.4 Å². The van der Waals surface area contributed by atoms with E-state index >= 15 is 0 Å². The van der Waals surface area contributed by atoms with Crippen molar-refractivity contribution in [2.75, 3.05) is 13.2 Å². The fourth-order valence-corrected chi connectivity index (χ4v) is 2.96. The van der Waals surface area contributed by atoms with Crippen LogP contribution in [0, 0.1) is 27.7 Å². The minimum atomic E-state index is -0.502. The summed E-state index contributed by atoms with van der Waals surface area (Å²) in [6.45, 7) is 10.9. The number of carbonyl (C=O) groups excluding carboxylic acids is 1. The average Bonchev–Trinajstić information content (AvgIpc) is 2.54. The smallest absolute Gasteiger partial charge is 0.261 e. The molecular formula is C22H29NO3. The summed E-state index contributed by atoms with van der Waals surface area (Å²) in [6.07, 6.45) is 0.105. The maximum absolute atomic E-state index is 12.4. The summed E-state index contributed by atoms with van der Waals surface area (Å²) in [4.78, 5) is 12.4. The topological polar surface area (TPSA) is 47.6 Å². The van der Waals surface area contributed by atoms with Gasteiger partial charge < -0.3 is 14.8 Å². The molecule has 0 aliphatic rings. The van der Waals surface area contributed by atoms with E-state index in [1.165, 1.54) is 0 Å². The zero-order valence-corrected chi connectivity index (χ0v) is 16.4. The van der Waals surface area contributed by atoms with Gasteiger partial charge in [-0.1, -0.05) is 19.1 Å². The van der Waals surface area contributed by atoms with Crippen molar-refractivity contribution in [2.45, 2.75) is 47.1 Å². The summed E-state index contributed by atoms with van der Waals surface area (Å²) in [5.41, 5.74) is 4.57. The molecule has 0 aliphatic heterocycles. The first kappa shape index (κ1) is 19.8. The monoisotopic (exact) mass is 355 g/mol. The van der Waals surface area contributed by atoms with Gasteiger partial charge in [0, 0.05) is 0 Å². The highest BCUT2D eigenvalue weighted by molar-refractivity contribution is 5.81. The van der Waals surface area contributed by atoms with Crippen molar-refractivity contribution in [3.63, 3.8) is 0 Å². The number of carbonyl (C=O) groups is 1. The van der Waals surface area contributed by atoms with Crippen LogP contribution in [0.3, 0.4) is 0 Å². The molecule has 2 rings (SSSR count). The van der Waals surface area contributed by atoms with Gasteiger partial charge in [-0.2, -0.15) is 0 Å². The SMILES string of the molecule is CC[C@@H](Oc1cc(C)cc(C)c1)C(=O)NCCOc1cc(C)cc(C)c1. The Morgan fingerprint density at radius 1 is 0.885 bits per heavy atom. The number of amides is 1. The van der Waals surface area contributed by atoms with E-state index < -0.39 is 6.10 Å². The molecule has 1 atom stereocenters. The van der Waals surface area contributed by atoms with Gasteiger partial charge in [0.1, 0.15) is 18.1 Å². The molecule has 0 radical (unpaired) electrons. The Kier molecular flexibility index (Phi) is 7.07. The van der Waals surface area contributed by atoms with Crippen LogP contribution in [-0.2, 0) is 4.79 Å². The summed E-state index contributed by atoms with van der Waals surface area (Å²) >= 11 is 0. The summed E-state index contributed by atoms with van der Waals surface area (Å²) in [6, 6.07) is 12.1. The quantitative estimate of drug-likeness (QED) is 0.719. The predicted molar refractivity (Wildman–Crippen MR) is 105 cm³/mol. The fourth-order valence-electron chi connectivity index (χ4n) is 2.96. The average molecular weight is 355 g/mol. The standard InChI is InChI=1S/C22H29NO3/c1-6-21(26-20-13-17(4)10-18(5)14-20)22(24)23-7-8-25-19-11-15(2)9-16(3)12-19/h9-14,21H,6-8H2,1-5H3,(H,23,24)/t21-/m1/s1. The van der Waals surface area contributed by atoms with Gasteiger partial charge in [0.2, 0.25) is 0 Å². The van der Waals surface area contributed by atoms with E-state index in [1.807, 2.05) is 58.9 Å². The van der Waals surface area contributed by atoms with Crippen molar-refractivity contribution < 1.29 is 14.3 Å². The first-order chi connectivity index (χ1) is 12.4. The van der Waals surface area contributed by atoms with E-state index in [9.17, 15) is 4.79 Å². The van der Waals surface area contributed by atoms with Crippen molar-refractivity contribution in [1.82, 2.24) is 5.32 Å². The molecule has 0 heterocycles. The van der Waals surface area contributed by atoms with E-state index in [1.54, 1.807) is 0 Å². The normalized spacial score (nSPS) is 11.7. The number of ether oxygens (including phenoxy) is 2. The second-order valence-electron chi connectivity index (χ2n) is 6.80. The molecule has 0 fully saturated rings. The van der Waals surface area contributed by atoms with Crippen LogP contribution >= 0.6 is 0 Å². The molecule has 0 unspecified atom stereocenters. The number of aryl methyl sites for hydroxylation is 4. The molecule has 0 bridgehead atoms. The van der Waals surface area contributed by atoms with Crippen molar-refractivity contribution >= 4 is 5.91 Å². The van der Waals surface area contributed by atoms with Gasteiger partial charge in [0.25, 0.3) is 5.91 Å². The van der Waals surface area contributed by atoms with Crippen molar-refractivity contribution in [3.8, 4) is 11.5 Å². The molecule has 2 aromatic rings. The van der Waals surface area contributed by atoms with Crippen LogP contribution < -0.4 is 14.8 Å². The lowest BCUT2D eigenvalue weighted by Gasteiger charge is -2.18. The molecule has 0 saturated carbocycles. The second kappa shape index (κ2) is 9.27. The molecule has 1 amide bonds. The van der Waals surface area contributed by atoms with Crippen molar-refractivity contribution in [2.24, 2.45) is 0 Å². The first-order valence-electron chi connectivity index (χ1n) is 9.11. The molecule has 0 saturated heterocycles. The molecule has 1 N–H and O–H groups in total. The van der Waals surface area contributed by atoms with Crippen molar-refractivity contribution in [1.29, 1.82) is 0 Å². The highest BCUT2D eigenvalue weighted by atomic mass is 16.5. The molecule has 0 spiro atoms. The molecule has 140 valence electrons. The van der Waals surface area contributed by atoms with Gasteiger partial charge in [0.15, 0.2) is 6.10 Å². The highest BCUT2D eigenvalue weighted by Gasteiger charge is 2.18. The Morgan fingerprint density at radius 2 is 1.38 bits per heavy atom. The summed E-state index contributed by atoms with van der Waals surface area (Å²) in [5.74, 6) is 1.45. The molecule has 0 aromatic heterocycles. The maximum Gasteiger partial charge on any atom is 0.261 e. The van der Waals surface area contributed by atoms with Crippen LogP contribution in [0.5, 0.6) is 11.5 Å². The zero-order chi connectivity index (χ0) is 19.1. The van der Waals surface area contributed by atoms with Crippen molar-refractivity contribution in [3.05, 3.63) is 58.7 Å². The van der Waals surface area contributed by atoms with Gasteiger partial charge in [-0.25, -0.2) is 0 Å². The Morgan fingerprint density at radius 3 is 1.88 bits per heavy atom. The van der Waals surface area contributed by atoms with Crippen LogP contribution in [0.1, 0.15) is 35.6 Å². The van der Waals surface area contributed by atoms with Crippen LogP contribution in [0.4, 0.5) is 0 Å². The van der Waals surface area contributed by atoms with Gasteiger partial charge in [0.05, 0.1) is 6.54 Å². The third-order valence-electron chi connectivity index (χ3n) is 4.00. The van der Waals surface area contributed by atoms with Gasteiger partial charge >= 0.3 is 0 Å².